The van der Waals surface area contributed by atoms with Gasteiger partial charge >= 0.3 is 10.2 Å². The summed E-state index contributed by atoms with van der Waals surface area (Å²) in [4.78, 5) is 0. The highest BCUT2D eigenvalue weighted by Gasteiger charge is 2.24. The molecule has 0 spiro atoms. The second kappa shape index (κ2) is 5.54. The second-order valence-electron chi connectivity index (χ2n) is 4.19. The van der Waals surface area contributed by atoms with Crippen LogP contribution in [0.2, 0.25) is 0 Å². The lowest BCUT2D eigenvalue weighted by molar-refractivity contribution is 0.349. The molecule has 1 fully saturated rings. The van der Waals surface area contributed by atoms with Crippen LogP contribution < -0.4 is 4.72 Å². The molecule has 1 heterocycles. The minimum absolute atomic E-state index is 0.0243. The van der Waals surface area contributed by atoms with Gasteiger partial charge < -0.3 is 0 Å². The number of rotatable bonds is 3. The lowest BCUT2D eigenvalue weighted by Crippen LogP contribution is -2.39. The Kier molecular flexibility index (Phi) is 4.24. The maximum absolute atomic E-state index is 13.6. The Balaban J connectivity index is 2.16. The largest absolute Gasteiger partial charge is 0.301 e. The number of halogens is 2. The SMILES string of the molecule is O=S(=O)(Nc1ccc(Br)cc1F)N1CCCCC1. The number of nitrogens with zero attached hydrogens (tertiary/aromatic N) is 1. The standard InChI is InChI=1S/C11H14BrFN2O2S/c12-9-4-5-11(10(13)8-9)14-18(16,17)15-6-2-1-3-7-15/h4-5,8,14H,1-3,6-7H2. The van der Waals surface area contributed by atoms with Crippen LogP contribution in [-0.2, 0) is 10.2 Å². The molecule has 1 saturated heterocycles. The Bertz CT molecular complexity index is 530. The Hall–Kier alpha value is -0.660. The molecule has 1 N–H and O–H groups in total. The zero-order valence-electron chi connectivity index (χ0n) is 9.70. The molecule has 0 unspecified atom stereocenters. The molecule has 1 aromatic rings. The van der Waals surface area contributed by atoms with Crippen molar-refractivity contribution in [3.05, 3.63) is 28.5 Å². The zero-order chi connectivity index (χ0) is 13.2. The molecule has 0 saturated carbocycles. The summed E-state index contributed by atoms with van der Waals surface area (Å²) in [6, 6.07) is 4.23. The number of anilines is 1. The van der Waals surface area contributed by atoms with Gasteiger partial charge in [-0.25, -0.2) is 4.39 Å². The molecule has 2 rings (SSSR count). The summed E-state index contributed by atoms with van der Waals surface area (Å²) < 4.78 is 41.8. The predicted octanol–water partition coefficient (Wildman–Crippen LogP) is 2.73. The van der Waals surface area contributed by atoms with Crippen LogP contribution in [0.25, 0.3) is 0 Å². The van der Waals surface area contributed by atoms with Gasteiger partial charge in [-0.05, 0) is 31.0 Å². The van der Waals surface area contributed by atoms with Crippen molar-refractivity contribution >= 4 is 31.8 Å². The summed E-state index contributed by atoms with van der Waals surface area (Å²) in [7, 11) is -3.64. The molecular formula is C11H14BrFN2O2S. The van der Waals surface area contributed by atoms with Gasteiger partial charge in [0.2, 0.25) is 0 Å². The number of hydrogen-bond acceptors (Lipinski definition) is 2. The number of piperidine rings is 1. The monoisotopic (exact) mass is 336 g/mol. The first-order chi connectivity index (χ1) is 8.49. The van der Waals surface area contributed by atoms with Gasteiger partial charge in [0.1, 0.15) is 5.82 Å². The van der Waals surface area contributed by atoms with Gasteiger partial charge in [-0.3, -0.25) is 4.72 Å². The van der Waals surface area contributed by atoms with E-state index in [-0.39, 0.29) is 5.69 Å². The Morgan fingerprint density at radius 2 is 1.89 bits per heavy atom. The van der Waals surface area contributed by atoms with Crippen LogP contribution in [0, 0.1) is 5.82 Å². The fourth-order valence-corrected chi connectivity index (χ4v) is 3.53. The minimum atomic E-state index is -3.64. The first kappa shape index (κ1) is 13.8. The molecule has 0 aliphatic carbocycles. The van der Waals surface area contributed by atoms with E-state index in [4.69, 9.17) is 0 Å². The van der Waals surface area contributed by atoms with Crippen molar-refractivity contribution in [1.82, 2.24) is 4.31 Å². The van der Waals surface area contributed by atoms with E-state index in [9.17, 15) is 12.8 Å². The maximum Gasteiger partial charge on any atom is 0.301 e. The summed E-state index contributed by atoms with van der Waals surface area (Å²) in [6.45, 7) is 0.987. The van der Waals surface area contributed by atoms with Crippen molar-refractivity contribution in [2.24, 2.45) is 0 Å². The number of benzene rings is 1. The fourth-order valence-electron chi connectivity index (χ4n) is 1.88. The molecule has 1 aliphatic heterocycles. The van der Waals surface area contributed by atoms with E-state index in [1.807, 2.05) is 0 Å². The number of hydrogen-bond donors (Lipinski definition) is 1. The second-order valence-corrected chi connectivity index (χ2v) is 6.78. The van der Waals surface area contributed by atoms with E-state index in [2.05, 4.69) is 20.7 Å². The highest BCUT2D eigenvalue weighted by atomic mass is 79.9. The Morgan fingerprint density at radius 1 is 1.22 bits per heavy atom. The maximum atomic E-state index is 13.6. The molecule has 0 radical (unpaired) electrons. The third-order valence-corrected chi connectivity index (χ3v) is 4.84. The molecule has 0 aromatic heterocycles. The fraction of sp³-hybridized carbons (Fsp3) is 0.455. The van der Waals surface area contributed by atoms with E-state index in [1.165, 1.54) is 16.4 Å². The van der Waals surface area contributed by atoms with E-state index in [1.54, 1.807) is 6.07 Å². The van der Waals surface area contributed by atoms with E-state index in [0.717, 1.165) is 19.3 Å². The van der Waals surface area contributed by atoms with Gasteiger partial charge in [-0.1, -0.05) is 22.4 Å². The summed E-state index contributed by atoms with van der Waals surface area (Å²) >= 11 is 3.12. The first-order valence-electron chi connectivity index (χ1n) is 5.72. The smallest absolute Gasteiger partial charge is 0.268 e. The lowest BCUT2D eigenvalue weighted by Gasteiger charge is -2.26. The number of nitrogens with one attached hydrogen (secondary N) is 1. The predicted molar refractivity (Wildman–Crippen MR) is 72.1 cm³/mol. The third-order valence-electron chi connectivity index (χ3n) is 2.83. The van der Waals surface area contributed by atoms with Gasteiger partial charge in [0.25, 0.3) is 0 Å². The van der Waals surface area contributed by atoms with Gasteiger partial charge in [0.05, 0.1) is 5.69 Å². The van der Waals surface area contributed by atoms with Crippen LogP contribution in [0.15, 0.2) is 22.7 Å². The Labute approximate surface area is 114 Å². The molecule has 7 heteroatoms. The molecule has 0 bridgehead atoms. The van der Waals surface area contributed by atoms with E-state index in [0.29, 0.717) is 17.6 Å². The topological polar surface area (TPSA) is 49.4 Å². The van der Waals surface area contributed by atoms with Gasteiger partial charge in [-0.15, -0.1) is 0 Å². The highest BCUT2D eigenvalue weighted by Crippen LogP contribution is 2.22. The summed E-state index contributed by atoms with van der Waals surface area (Å²) in [5, 5.41) is 0. The van der Waals surface area contributed by atoms with Crippen molar-refractivity contribution < 1.29 is 12.8 Å². The average Bonchev–Trinajstić information content (AvgIpc) is 2.34. The van der Waals surface area contributed by atoms with Crippen molar-refractivity contribution in [2.45, 2.75) is 19.3 Å². The van der Waals surface area contributed by atoms with Gasteiger partial charge in [0.15, 0.2) is 0 Å². The molecule has 0 atom stereocenters. The molecule has 100 valence electrons. The Morgan fingerprint density at radius 3 is 2.50 bits per heavy atom. The van der Waals surface area contributed by atoms with Crippen LogP contribution in [0.4, 0.5) is 10.1 Å². The van der Waals surface area contributed by atoms with E-state index < -0.39 is 16.0 Å². The van der Waals surface area contributed by atoms with Gasteiger partial charge in [-0.2, -0.15) is 12.7 Å². The summed E-state index contributed by atoms with van der Waals surface area (Å²) in [5.41, 5.74) is -0.0243. The van der Waals surface area contributed by atoms with Gasteiger partial charge in [0, 0.05) is 17.6 Å². The minimum Gasteiger partial charge on any atom is -0.268 e. The van der Waals surface area contributed by atoms with Crippen LogP contribution >= 0.6 is 15.9 Å². The van der Waals surface area contributed by atoms with Crippen molar-refractivity contribution in [1.29, 1.82) is 0 Å². The molecule has 1 aromatic carbocycles. The van der Waals surface area contributed by atoms with Crippen molar-refractivity contribution in [2.75, 3.05) is 17.8 Å². The van der Waals surface area contributed by atoms with Crippen molar-refractivity contribution in [3.63, 3.8) is 0 Å². The first-order valence-corrected chi connectivity index (χ1v) is 7.95. The normalized spacial score (nSPS) is 17.7. The molecule has 1 aliphatic rings. The van der Waals surface area contributed by atoms with Crippen LogP contribution in [-0.4, -0.2) is 25.8 Å². The third kappa shape index (κ3) is 3.21. The van der Waals surface area contributed by atoms with Crippen molar-refractivity contribution in [3.8, 4) is 0 Å². The molecule has 18 heavy (non-hydrogen) atoms. The van der Waals surface area contributed by atoms with Crippen LogP contribution in [0.5, 0.6) is 0 Å². The highest BCUT2D eigenvalue weighted by molar-refractivity contribution is 9.10. The van der Waals surface area contributed by atoms with E-state index >= 15 is 0 Å². The summed E-state index contributed by atoms with van der Waals surface area (Å²) in [6.07, 6.45) is 2.74. The molecular weight excluding hydrogens is 323 g/mol. The summed E-state index contributed by atoms with van der Waals surface area (Å²) in [5.74, 6) is -0.593. The quantitative estimate of drug-likeness (QED) is 0.922. The van der Waals surface area contributed by atoms with Crippen LogP contribution in [0.3, 0.4) is 0 Å². The lowest BCUT2D eigenvalue weighted by atomic mass is 10.2. The van der Waals surface area contributed by atoms with Crippen LogP contribution in [0.1, 0.15) is 19.3 Å². The zero-order valence-corrected chi connectivity index (χ0v) is 12.1. The molecule has 4 nitrogen and oxygen atoms in total. The molecule has 0 amide bonds. The average molecular weight is 337 g/mol.